The summed E-state index contributed by atoms with van der Waals surface area (Å²) in [5.74, 6) is 0. The Bertz CT molecular complexity index is 674. The highest BCUT2D eigenvalue weighted by atomic mass is 35.5. The fraction of sp³-hybridized carbons (Fsp3) is 0. The van der Waals surface area contributed by atoms with Gasteiger partial charge >= 0.3 is 0 Å². The molecule has 0 amide bonds. The van der Waals surface area contributed by atoms with Crippen LogP contribution in [0.1, 0.15) is 0 Å². The van der Waals surface area contributed by atoms with Crippen molar-refractivity contribution in [3.8, 4) is 11.3 Å². The maximum Gasteiger partial charge on any atom is 0.224 e. The molecule has 0 bridgehead atoms. The summed E-state index contributed by atoms with van der Waals surface area (Å²) in [4.78, 5) is 11.4. The van der Waals surface area contributed by atoms with Gasteiger partial charge in [-0.3, -0.25) is 0 Å². The second kappa shape index (κ2) is 4.02. The van der Waals surface area contributed by atoms with Crippen molar-refractivity contribution in [2.75, 3.05) is 0 Å². The van der Waals surface area contributed by atoms with Crippen LogP contribution in [0.15, 0.2) is 36.5 Å². The quantitative estimate of drug-likeness (QED) is 0.676. The molecule has 17 heavy (non-hydrogen) atoms. The molecule has 3 aromatic rings. The van der Waals surface area contributed by atoms with E-state index in [2.05, 4.69) is 15.0 Å². The van der Waals surface area contributed by atoms with Crippen LogP contribution in [0.4, 0.5) is 0 Å². The lowest BCUT2D eigenvalue weighted by atomic mass is 10.1. The predicted molar refractivity (Wildman–Crippen MR) is 69.3 cm³/mol. The molecule has 0 aliphatic heterocycles. The summed E-state index contributed by atoms with van der Waals surface area (Å²) in [6.07, 6.45) is 1.81. The Hall–Kier alpha value is -1.58. The molecule has 1 aromatic carbocycles. The number of aromatic amines is 1. The number of nitrogens with one attached hydrogen (secondary N) is 1. The van der Waals surface area contributed by atoms with E-state index in [4.69, 9.17) is 23.2 Å². The van der Waals surface area contributed by atoms with E-state index in [1.807, 2.05) is 36.5 Å². The molecule has 0 saturated heterocycles. The summed E-state index contributed by atoms with van der Waals surface area (Å²) >= 11 is 11.8. The fourth-order valence-electron chi connectivity index (χ4n) is 1.74. The molecule has 0 atom stereocenters. The zero-order valence-electron chi connectivity index (χ0n) is 8.61. The highest BCUT2D eigenvalue weighted by molar-refractivity contribution is 6.30. The van der Waals surface area contributed by atoms with Crippen molar-refractivity contribution in [1.29, 1.82) is 0 Å². The van der Waals surface area contributed by atoms with E-state index in [9.17, 15) is 0 Å². The van der Waals surface area contributed by atoms with Crippen LogP contribution < -0.4 is 0 Å². The van der Waals surface area contributed by atoms with Crippen LogP contribution in [-0.2, 0) is 0 Å². The summed E-state index contributed by atoms with van der Waals surface area (Å²) < 4.78 is 0. The van der Waals surface area contributed by atoms with Crippen molar-refractivity contribution in [3.05, 3.63) is 46.8 Å². The van der Waals surface area contributed by atoms with Gasteiger partial charge in [0.2, 0.25) is 5.28 Å². The first kappa shape index (κ1) is 10.6. The van der Waals surface area contributed by atoms with E-state index in [0.29, 0.717) is 5.02 Å². The summed E-state index contributed by atoms with van der Waals surface area (Å²) in [7, 11) is 0. The van der Waals surface area contributed by atoms with Gasteiger partial charge in [-0.15, -0.1) is 0 Å². The Labute approximate surface area is 107 Å². The number of nitrogens with zero attached hydrogens (tertiary/aromatic N) is 2. The molecule has 84 valence electrons. The molecule has 0 spiro atoms. The fourth-order valence-corrected chi connectivity index (χ4v) is 2.04. The van der Waals surface area contributed by atoms with E-state index >= 15 is 0 Å². The van der Waals surface area contributed by atoms with Crippen LogP contribution >= 0.6 is 23.2 Å². The molecular formula is C12H7Cl2N3. The first-order valence-corrected chi connectivity index (χ1v) is 5.76. The van der Waals surface area contributed by atoms with Crippen LogP contribution in [0.25, 0.3) is 22.3 Å². The average molecular weight is 264 g/mol. The third-order valence-electron chi connectivity index (χ3n) is 2.51. The highest BCUT2D eigenvalue weighted by Gasteiger charge is 2.09. The van der Waals surface area contributed by atoms with Crippen LogP contribution in [0.2, 0.25) is 10.3 Å². The number of hydrogen-bond donors (Lipinski definition) is 1. The SMILES string of the molecule is Clc1ccc(-c2nc(Cl)nc3[nH]ccc23)cc1. The third kappa shape index (κ3) is 1.88. The minimum absolute atomic E-state index is 0.227. The topological polar surface area (TPSA) is 41.6 Å². The zero-order chi connectivity index (χ0) is 11.8. The van der Waals surface area contributed by atoms with Crippen LogP contribution in [0, 0.1) is 0 Å². The molecule has 0 fully saturated rings. The van der Waals surface area contributed by atoms with Gasteiger partial charge in [0, 0.05) is 22.2 Å². The first-order chi connectivity index (χ1) is 8.24. The molecule has 0 aliphatic rings. The van der Waals surface area contributed by atoms with Crippen LogP contribution in [0.3, 0.4) is 0 Å². The average Bonchev–Trinajstić information content (AvgIpc) is 2.77. The maximum atomic E-state index is 5.89. The number of hydrogen-bond acceptors (Lipinski definition) is 2. The van der Waals surface area contributed by atoms with Gasteiger partial charge in [-0.2, -0.15) is 4.98 Å². The summed E-state index contributed by atoms with van der Waals surface area (Å²) in [6, 6.07) is 9.40. The largest absolute Gasteiger partial charge is 0.346 e. The number of H-pyrrole nitrogens is 1. The lowest BCUT2D eigenvalue weighted by molar-refractivity contribution is 1.20. The Kier molecular flexibility index (Phi) is 2.50. The molecule has 1 N–H and O–H groups in total. The van der Waals surface area contributed by atoms with Crippen LogP contribution in [-0.4, -0.2) is 15.0 Å². The van der Waals surface area contributed by atoms with Gasteiger partial charge in [-0.05, 0) is 29.8 Å². The second-order valence-corrected chi connectivity index (χ2v) is 4.36. The highest BCUT2D eigenvalue weighted by Crippen LogP contribution is 2.27. The number of halogens is 2. The smallest absolute Gasteiger partial charge is 0.224 e. The Balaban J connectivity index is 2.28. The predicted octanol–water partition coefficient (Wildman–Crippen LogP) is 3.93. The van der Waals surface area contributed by atoms with E-state index in [1.165, 1.54) is 0 Å². The molecule has 3 nitrogen and oxygen atoms in total. The van der Waals surface area contributed by atoms with Gasteiger partial charge in [0.05, 0.1) is 5.69 Å². The number of aromatic nitrogens is 3. The second-order valence-electron chi connectivity index (χ2n) is 3.59. The molecule has 0 unspecified atom stereocenters. The van der Waals surface area contributed by atoms with Crippen molar-refractivity contribution >= 4 is 34.2 Å². The molecule has 2 aromatic heterocycles. The van der Waals surface area contributed by atoms with Gasteiger partial charge in [0.25, 0.3) is 0 Å². The van der Waals surface area contributed by atoms with Crippen molar-refractivity contribution < 1.29 is 0 Å². The zero-order valence-corrected chi connectivity index (χ0v) is 10.1. The summed E-state index contributed by atoms with van der Waals surface area (Å²) in [5.41, 5.74) is 2.50. The van der Waals surface area contributed by atoms with Crippen molar-refractivity contribution in [2.45, 2.75) is 0 Å². The standard InChI is InChI=1S/C12H7Cl2N3/c13-8-3-1-7(2-4-8)10-9-5-6-15-11(9)17-12(14)16-10/h1-6H,(H,15,16,17). The van der Waals surface area contributed by atoms with Gasteiger partial charge in [0.15, 0.2) is 0 Å². The lowest BCUT2D eigenvalue weighted by Crippen LogP contribution is -1.89. The van der Waals surface area contributed by atoms with Crippen LogP contribution in [0.5, 0.6) is 0 Å². The van der Waals surface area contributed by atoms with E-state index < -0.39 is 0 Å². The molecule has 3 rings (SSSR count). The van der Waals surface area contributed by atoms with Gasteiger partial charge in [-0.1, -0.05) is 23.7 Å². The molecule has 0 saturated carbocycles. The molecule has 0 radical (unpaired) electrons. The van der Waals surface area contributed by atoms with Crippen molar-refractivity contribution in [1.82, 2.24) is 15.0 Å². The molecule has 0 aliphatic carbocycles. The lowest BCUT2D eigenvalue weighted by Gasteiger charge is -2.03. The van der Waals surface area contributed by atoms with E-state index in [1.54, 1.807) is 0 Å². The summed E-state index contributed by atoms with van der Waals surface area (Å²) in [5, 5.41) is 1.86. The Morgan fingerprint density at radius 3 is 2.47 bits per heavy atom. The minimum atomic E-state index is 0.227. The van der Waals surface area contributed by atoms with Crippen molar-refractivity contribution in [3.63, 3.8) is 0 Å². The normalized spacial score (nSPS) is 10.9. The maximum absolute atomic E-state index is 5.89. The molecule has 2 heterocycles. The van der Waals surface area contributed by atoms with Gasteiger partial charge in [0.1, 0.15) is 5.65 Å². The minimum Gasteiger partial charge on any atom is -0.346 e. The molecular weight excluding hydrogens is 257 g/mol. The van der Waals surface area contributed by atoms with Gasteiger partial charge in [-0.25, -0.2) is 4.98 Å². The monoisotopic (exact) mass is 263 g/mol. The molecule has 5 heteroatoms. The number of benzene rings is 1. The summed E-state index contributed by atoms with van der Waals surface area (Å²) in [6.45, 7) is 0. The number of fused-ring (bicyclic) bond motifs is 1. The van der Waals surface area contributed by atoms with Gasteiger partial charge < -0.3 is 4.98 Å². The van der Waals surface area contributed by atoms with Crippen molar-refractivity contribution in [2.24, 2.45) is 0 Å². The number of rotatable bonds is 1. The Morgan fingerprint density at radius 1 is 0.941 bits per heavy atom. The first-order valence-electron chi connectivity index (χ1n) is 5.00. The van der Waals surface area contributed by atoms with E-state index in [-0.39, 0.29) is 5.28 Å². The third-order valence-corrected chi connectivity index (χ3v) is 2.93. The van der Waals surface area contributed by atoms with E-state index in [0.717, 1.165) is 22.3 Å². The Morgan fingerprint density at radius 2 is 1.71 bits per heavy atom.